The van der Waals surface area contributed by atoms with Crippen LogP contribution >= 0.6 is 0 Å². The van der Waals surface area contributed by atoms with Crippen LogP contribution in [0.2, 0.25) is 0 Å². The highest BCUT2D eigenvalue weighted by Crippen LogP contribution is 2.34. The minimum absolute atomic E-state index is 0.0133. The van der Waals surface area contributed by atoms with Crippen molar-refractivity contribution in [3.05, 3.63) is 74.3 Å². The molecule has 2 aromatic rings. The number of benzene rings is 2. The van der Waals surface area contributed by atoms with Gasteiger partial charge in [-0.2, -0.15) is 0 Å². The lowest BCUT2D eigenvalue weighted by atomic mass is 10.1. The van der Waals surface area contributed by atoms with E-state index in [-0.39, 0.29) is 6.42 Å². The maximum atomic E-state index is 11.5. The number of carboxylic acids is 1. The quantitative estimate of drug-likeness (QED) is 0.588. The van der Waals surface area contributed by atoms with E-state index in [4.69, 9.17) is 0 Å². The first-order chi connectivity index (χ1) is 11.4. The number of nitro benzene ring substituents is 2. The van der Waals surface area contributed by atoms with Crippen molar-refractivity contribution in [2.45, 2.75) is 12.5 Å². The standard InChI is InChI=1S/C15H13N3O6/c19-15(20)11(9-10-5-2-1-3-6-10)16-14-12(17(21)22)7-4-8-13(14)18(23)24/h1-8,11,16H,9H2,(H,19,20). The Balaban J connectivity index is 2.40. The molecule has 0 fully saturated rings. The first-order valence-corrected chi connectivity index (χ1v) is 6.85. The molecule has 2 N–H and O–H groups in total. The van der Waals surface area contributed by atoms with Crippen molar-refractivity contribution in [3.8, 4) is 0 Å². The highest BCUT2D eigenvalue weighted by molar-refractivity contribution is 5.82. The second-order valence-electron chi connectivity index (χ2n) is 4.91. The van der Waals surface area contributed by atoms with Crippen molar-refractivity contribution in [1.82, 2.24) is 0 Å². The molecule has 2 aromatic carbocycles. The number of aliphatic carboxylic acids is 1. The summed E-state index contributed by atoms with van der Waals surface area (Å²) < 4.78 is 0. The van der Waals surface area contributed by atoms with E-state index in [0.29, 0.717) is 5.56 Å². The average molecular weight is 331 g/mol. The number of hydrogen-bond donors (Lipinski definition) is 2. The molecule has 0 aromatic heterocycles. The number of nitro groups is 2. The Morgan fingerprint density at radius 3 is 2.00 bits per heavy atom. The van der Waals surface area contributed by atoms with E-state index in [1.54, 1.807) is 30.3 Å². The minimum Gasteiger partial charge on any atom is -0.480 e. The van der Waals surface area contributed by atoms with Gasteiger partial charge in [0.2, 0.25) is 0 Å². The molecule has 0 bridgehead atoms. The van der Waals surface area contributed by atoms with Gasteiger partial charge < -0.3 is 10.4 Å². The molecule has 0 saturated heterocycles. The van der Waals surface area contributed by atoms with Crippen LogP contribution < -0.4 is 5.32 Å². The number of carbonyl (C=O) groups is 1. The normalized spacial score (nSPS) is 11.5. The number of nitrogens with one attached hydrogen (secondary N) is 1. The summed E-state index contributed by atoms with van der Waals surface area (Å²) in [7, 11) is 0. The van der Waals surface area contributed by atoms with Gasteiger partial charge in [0.05, 0.1) is 9.85 Å². The van der Waals surface area contributed by atoms with Crippen LogP contribution in [0.25, 0.3) is 0 Å². The first-order valence-electron chi connectivity index (χ1n) is 6.85. The molecule has 9 nitrogen and oxygen atoms in total. The Bertz CT molecular complexity index is 746. The highest BCUT2D eigenvalue weighted by Gasteiger charge is 2.29. The monoisotopic (exact) mass is 331 g/mol. The summed E-state index contributed by atoms with van der Waals surface area (Å²) in [5, 5.41) is 34.0. The molecule has 1 atom stereocenters. The SMILES string of the molecule is O=C(O)C(Cc1ccccc1)Nc1c([N+](=O)[O-])cccc1[N+](=O)[O-]. The van der Waals surface area contributed by atoms with Crippen LogP contribution in [0.4, 0.5) is 17.1 Å². The third-order valence-electron chi connectivity index (χ3n) is 3.31. The Hall–Kier alpha value is -3.49. The molecule has 0 aliphatic rings. The lowest BCUT2D eigenvalue weighted by molar-refractivity contribution is -0.392. The van der Waals surface area contributed by atoms with Gasteiger partial charge in [-0.05, 0) is 11.6 Å². The van der Waals surface area contributed by atoms with E-state index in [9.17, 15) is 30.1 Å². The Morgan fingerprint density at radius 1 is 1.00 bits per heavy atom. The van der Waals surface area contributed by atoms with Crippen molar-refractivity contribution in [1.29, 1.82) is 0 Å². The summed E-state index contributed by atoms with van der Waals surface area (Å²) in [5.41, 5.74) is -0.846. The van der Waals surface area contributed by atoms with Gasteiger partial charge in [0.25, 0.3) is 11.4 Å². The predicted molar refractivity (Wildman–Crippen MR) is 84.9 cm³/mol. The summed E-state index contributed by atoms with van der Waals surface area (Å²) in [6, 6.07) is 10.7. The third kappa shape index (κ3) is 3.83. The van der Waals surface area contributed by atoms with Gasteiger partial charge in [-0.25, -0.2) is 4.79 Å². The lowest BCUT2D eigenvalue weighted by Gasteiger charge is -2.16. The lowest BCUT2D eigenvalue weighted by Crippen LogP contribution is -2.32. The second kappa shape index (κ2) is 7.18. The van der Waals surface area contributed by atoms with E-state index >= 15 is 0 Å². The summed E-state index contributed by atoms with van der Waals surface area (Å²) in [5.74, 6) is -1.27. The number of para-hydroxylation sites is 1. The van der Waals surface area contributed by atoms with Crippen molar-refractivity contribution >= 4 is 23.0 Å². The van der Waals surface area contributed by atoms with E-state index in [2.05, 4.69) is 5.32 Å². The van der Waals surface area contributed by atoms with Crippen LogP contribution in [0.1, 0.15) is 5.56 Å². The molecule has 0 heterocycles. The van der Waals surface area contributed by atoms with Gasteiger partial charge in [0, 0.05) is 18.6 Å². The zero-order valence-corrected chi connectivity index (χ0v) is 12.3. The fourth-order valence-electron chi connectivity index (χ4n) is 2.20. The number of carboxylic acid groups (broad SMARTS) is 1. The second-order valence-corrected chi connectivity index (χ2v) is 4.91. The molecule has 124 valence electrons. The van der Waals surface area contributed by atoms with Gasteiger partial charge in [0.1, 0.15) is 6.04 Å². The zero-order chi connectivity index (χ0) is 17.7. The van der Waals surface area contributed by atoms with Crippen LogP contribution in [0.5, 0.6) is 0 Å². The van der Waals surface area contributed by atoms with E-state index in [1.807, 2.05) is 0 Å². The maximum absolute atomic E-state index is 11.5. The summed E-state index contributed by atoms with van der Waals surface area (Å²) in [6.07, 6.45) is 0.0133. The molecule has 0 aliphatic carbocycles. The maximum Gasteiger partial charge on any atom is 0.326 e. The Kier molecular flexibility index (Phi) is 5.05. The van der Waals surface area contributed by atoms with Crippen LogP contribution in [0.15, 0.2) is 48.5 Å². The highest BCUT2D eigenvalue weighted by atomic mass is 16.6. The van der Waals surface area contributed by atoms with Gasteiger partial charge >= 0.3 is 5.97 Å². The van der Waals surface area contributed by atoms with Crippen molar-refractivity contribution < 1.29 is 19.7 Å². The first kappa shape index (κ1) is 16.9. The fourth-order valence-corrected chi connectivity index (χ4v) is 2.20. The summed E-state index contributed by atoms with van der Waals surface area (Å²) in [6.45, 7) is 0. The van der Waals surface area contributed by atoms with Crippen molar-refractivity contribution in [2.24, 2.45) is 0 Å². The van der Waals surface area contributed by atoms with Crippen molar-refractivity contribution in [2.75, 3.05) is 5.32 Å². The van der Waals surface area contributed by atoms with Gasteiger partial charge in [-0.3, -0.25) is 20.2 Å². The van der Waals surface area contributed by atoms with Gasteiger partial charge in [0.15, 0.2) is 5.69 Å². The fraction of sp³-hybridized carbons (Fsp3) is 0.133. The van der Waals surface area contributed by atoms with Crippen molar-refractivity contribution in [3.63, 3.8) is 0 Å². The van der Waals surface area contributed by atoms with Gasteiger partial charge in [-0.15, -0.1) is 0 Å². The molecular weight excluding hydrogens is 318 g/mol. The zero-order valence-electron chi connectivity index (χ0n) is 12.3. The van der Waals surface area contributed by atoms with E-state index in [1.165, 1.54) is 6.07 Å². The molecular formula is C15H13N3O6. The summed E-state index contributed by atoms with van der Waals surface area (Å²) in [4.78, 5) is 32.1. The molecule has 24 heavy (non-hydrogen) atoms. The van der Waals surface area contributed by atoms with Crippen LogP contribution in [0.3, 0.4) is 0 Å². The number of nitrogens with zero attached hydrogens (tertiary/aromatic N) is 2. The number of hydrogen-bond acceptors (Lipinski definition) is 6. The number of anilines is 1. The molecule has 2 rings (SSSR count). The Morgan fingerprint density at radius 2 is 1.54 bits per heavy atom. The molecule has 0 spiro atoms. The molecule has 0 radical (unpaired) electrons. The molecule has 0 saturated carbocycles. The van der Waals surface area contributed by atoms with Crippen LogP contribution in [0, 0.1) is 20.2 Å². The number of rotatable bonds is 7. The van der Waals surface area contributed by atoms with Crippen LogP contribution in [-0.4, -0.2) is 27.0 Å². The predicted octanol–water partition coefficient (Wildman–Crippen LogP) is 2.61. The molecule has 1 unspecified atom stereocenters. The average Bonchev–Trinajstić information content (AvgIpc) is 2.54. The van der Waals surface area contributed by atoms with Crippen LogP contribution in [-0.2, 0) is 11.2 Å². The molecule has 0 amide bonds. The van der Waals surface area contributed by atoms with E-state index < -0.39 is 38.9 Å². The molecule has 9 heteroatoms. The smallest absolute Gasteiger partial charge is 0.326 e. The van der Waals surface area contributed by atoms with E-state index in [0.717, 1.165) is 12.1 Å². The topological polar surface area (TPSA) is 136 Å². The third-order valence-corrected chi connectivity index (χ3v) is 3.31. The molecule has 0 aliphatic heterocycles. The Labute approximate surface area is 135 Å². The minimum atomic E-state index is -1.27. The van der Waals surface area contributed by atoms with Gasteiger partial charge in [-0.1, -0.05) is 30.3 Å². The summed E-state index contributed by atoms with van der Waals surface area (Å²) >= 11 is 0. The largest absolute Gasteiger partial charge is 0.480 e.